The summed E-state index contributed by atoms with van der Waals surface area (Å²) >= 11 is 1.39. The highest BCUT2D eigenvalue weighted by Crippen LogP contribution is 2.37. The fraction of sp³-hybridized carbons (Fsp3) is 0.200. The van der Waals surface area contributed by atoms with Gasteiger partial charge < -0.3 is 14.2 Å². The van der Waals surface area contributed by atoms with Crippen molar-refractivity contribution in [3.8, 4) is 28.5 Å². The smallest absolute Gasteiger partial charge is 0.203 e. The molecule has 2 aromatic carbocycles. The van der Waals surface area contributed by atoms with Gasteiger partial charge in [0, 0.05) is 22.8 Å². The molecular formula is C20H21N3O5S2. The van der Waals surface area contributed by atoms with Gasteiger partial charge in [0.25, 0.3) is 0 Å². The van der Waals surface area contributed by atoms with E-state index in [1.807, 2.05) is 5.38 Å². The Balaban J connectivity index is 1.73. The van der Waals surface area contributed by atoms with E-state index in [0.717, 1.165) is 16.8 Å². The molecular weight excluding hydrogens is 426 g/mol. The predicted octanol–water partition coefficient (Wildman–Crippen LogP) is 3.69. The molecule has 30 heavy (non-hydrogen) atoms. The van der Waals surface area contributed by atoms with Crippen LogP contribution in [0.1, 0.15) is 5.56 Å². The van der Waals surface area contributed by atoms with E-state index in [-0.39, 0.29) is 4.90 Å². The van der Waals surface area contributed by atoms with E-state index in [2.05, 4.69) is 15.5 Å². The summed E-state index contributed by atoms with van der Waals surface area (Å²) in [5.41, 5.74) is 5.19. The zero-order valence-corrected chi connectivity index (χ0v) is 18.5. The van der Waals surface area contributed by atoms with Crippen LogP contribution in [-0.4, -0.2) is 47.2 Å². The number of ether oxygens (including phenoxy) is 3. The Labute approximate surface area is 179 Å². The second kappa shape index (κ2) is 9.14. The molecule has 0 unspecified atom stereocenters. The number of aromatic nitrogens is 1. The molecule has 0 amide bonds. The highest BCUT2D eigenvalue weighted by atomic mass is 32.2. The third-order valence-corrected chi connectivity index (χ3v) is 6.02. The Morgan fingerprint density at radius 1 is 1.03 bits per heavy atom. The van der Waals surface area contributed by atoms with Crippen molar-refractivity contribution in [2.45, 2.75) is 4.90 Å². The lowest BCUT2D eigenvalue weighted by Gasteiger charge is -2.12. The molecule has 0 spiro atoms. The minimum Gasteiger partial charge on any atom is -0.493 e. The number of methoxy groups -OCH3 is 3. The highest BCUT2D eigenvalue weighted by molar-refractivity contribution is 7.90. The molecule has 0 atom stereocenters. The van der Waals surface area contributed by atoms with Crippen molar-refractivity contribution in [1.29, 1.82) is 0 Å². The van der Waals surface area contributed by atoms with E-state index in [1.54, 1.807) is 63.9 Å². The van der Waals surface area contributed by atoms with E-state index in [1.165, 1.54) is 17.6 Å². The SMILES string of the molecule is COc1cc(/C=N/Nc2nc(-c3ccc(S(C)(=O)=O)cc3)cs2)cc(OC)c1OC. The Hall–Kier alpha value is -3.11. The maximum absolute atomic E-state index is 11.6. The molecule has 0 radical (unpaired) electrons. The van der Waals surface area contributed by atoms with Crippen molar-refractivity contribution >= 4 is 32.5 Å². The first kappa shape index (κ1) is 21.6. The van der Waals surface area contributed by atoms with Crippen LogP contribution in [0.3, 0.4) is 0 Å². The molecule has 0 aliphatic carbocycles. The van der Waals surface area contributed by atoms with Crippen molar-refractivity contribution in [2.75, 3.05) is 33.0 Å². The van der Waals surface area contributed by atoms with Gasteiger partial charge in [0.15, 0.2) is 21.3 Å². The van der Waals surface area contributed by atoms with Gasteiger partial charge in [0.1, 0.15) is 0 Å². The van der Waals surface area contributed by atoms with Crippen molar-refractivity contribution in [2.24, 2.45) is 5.10 Å². The highest BCUT2D eigenvalue weighted by Gasteiger charge is 2.12. The number of hydrogen-bond donors (Lipinski definition) is 1. The number of anilines is 1. The first-order valence-corrected chi connectivity index (χ1v) is 11.5. The molecule has 10 heteroatoms. The average Bonchev–Trinajstić information content (AvgIpc) is 3.21. The van der Waals surface area contributed by atoms with Gasteiger partial charge >= 0.3 is 0 Å². The molecule has 0 bridgehead atoms. The predicted molar refractivity (Wildman–Crippen MR) is 118 cm³/mol. The molecule has 8 nitrogen and oxygen atoms in total. The van der Waals surface area contributed by atoms with Crippen LogP contribution in [0.2, 0.25) is 0 Å². The number of thiazole rings is 1. The van der Waals surface area contributed by atoms with Crippen LogP contribution in [0.5, 0.6) is 17.2 Å². The number of nitrogens with zero attached hydrogens (tertiary/aromatic N) is 2. The monoisotopic (exact) mass is 447 g/mol. The van der Waals surface area contributed by atoms with Crippen LogP contribution in [0.15, 0.2) is 51.8 Å². The molecule has 0 saturated heterocycles. The molecule has 0 aliphatic rings. The molecule has 0 fully saturated rings. The van der Waals surface area contributed by atoms with Crippen molar-refractivity contribution in [3.63, 3.8) is 0 Å². The summed E-state index contributed by atoms with van der Waals surface area (Å²) in [6.45, 7) is 0. The Kier molecular flexibility index (Phi) is 6.58. The summed E-state index contributed by atoms with van der Waals surface area (Å²) < 4.78 is 39.1. The van der Waals surface area contributed by atoms with Gasteiger partial charge in [0.2, 0.25) is 10.9 Å². The summed E-state index contributed by atoms with van der Waals surface area (Å²) in [5.74, 6) is 1.58. The van der Waals surface area contributed by atoms with E-state index < -0.39 is 9.84 Å². The first-order valence-electron chi connectivity index (χ1n) is 8.71. The third kappa shape index (κ3) is 4.89. The van der Waals surface area contributed by atoms with Crippen LogP contribution >= 0.6 is 11.3 Å². The van der Waals surface area contributed by atoms with Crippen LogP contribution in [0.4, 0.5) is 5.13 Å². The zero-order chi connectivity index (χ0) is 21.7. The molecule has 3 rings (SSSR count). The van der Waals surface area contributed by atoms with Crippen LogP contribution in [-0.2, 0) is 9.84 Å². The summed E-state index contributed by atoms with van der Waals surface area (Å²) in [6, 6.07) is 10.2. The molecule has 1 N–H and O–H groups in total. The summed E-state index contributed by atoms with van der Waals surface area (Å²) in [7, 11) is 1.42. The lowest BCUT2D eigenvalue weighted by atomic mass is 10.2. The lowest BCUT2D eigenvalue weighted by molar-refractivity contribution is 0.324. The Morgan fingerprint density at radius 3 is 2.20 bits per heavy atom. The molecule has 158 valence electrons. The van der Waals surface area contributed by atoms with Gasteiger partial charge in [-0.1, -0.05) is 12.1 Å². The maximum atomic E-state index is 11.6. The average molecular weight is 448 g/mol. The van der Waals surface area contributed by atoms with E-state index in [0.29, 0.717) is 22.4 Å². The Morgan fingerprint density at radius 2 is 1.67 bits per heavy atom. The number of hydrogen-bond acceptors (Lipinski definition) is 9. The van der Waals surface area contributed by atoms with Gasteiger partial charge in [0.05, 0.1) is 38.1 Å². The van der Waals surface area contributed by atoms with E-state index >= 15 is 0 Å². The van der Waals surface area contributed by atoms with Gasteiger partial charge in [-0.3, -0.25) is 5.43 Å². The van der Waals surface area contributed by atoms with Gasteiger partial charge in [-0.2, -0.15) is 5.10 Å². The molecule has 1 aromatic heterocycles. The second-order valence-electron chi connectivity index (χ2n) is 6.16. The fourth-order valence-corrected chi connectivity index (χ4v) is 3.97. The fourth-order valence-electron chi connectivity index (χ4n) is 2.67. The topological polar surface area (TPSA) is 99.1 Å². The van der Waals surface area contributed by atoms with Crippen LogP contribution in [0, 0.1) is 0 Å². The minimum atomic E-state index is -3.22. The maximum Gasteiger partial charge on any atom is 0.203 e. The van der Waals surface area contributed by atoms with E-state index in [4.69, 9.17) is 14.2 Å². The standard InChI is InChI=1S/C20H21N3O5S2/c1-26-17-9-13(10-18(27-2)19(17)28-3)11-21-23-20-22-16(12-29-20)14-5-7-15(8-6-14)30(4,24)25/h5-12H,1-4H3,(H,22,23)/b21-11+. The van der Waals surface area contributed by atoms with Crippen molar-refractivity contribution < 1.29 is 22.6 Å². The van der Waals surface area contributed by atoms with E-state index in [9.17, 15) is 8.42 Å². The normalized spacial score (nSPS) is 11.5. The summed E-state index contributed by atoms with van der Waals surface area (Å²) in [4.78, 5) is 4.75. The zero-order valence-electron chi connectivity index (χ0n) is 16.9. The molecule has 0 aliphatic heterocycles. The minimum absolute atomic E-state index is 0.273. The largest absolute Gasteiger partial charge is 0.493 e. The molecule has 0 saturated carbocycles. The van der Waals surface area contributed by atoms with Gasteiger partial charge in [-0.05, 0) is 24.3 Å². The summed E-state index contributed by atoms with van der Waals surface area (Å²) in [6.07, 6.45) is 2.80. The number of benzene rings is 2. The van der Waals surface area contributed by atoms with Gasteiger partial charge in [-0.25, -0.2) is 13.4 Å². The van der Waals surface area contributed by atoms with Crippen LogP contribution in [0.25, 0.3) is 11.3 Å². The number of rotatable bonds is 8. The van der Waals surface area contributed by atoms with Crippen molar-refractivity contribution in [1.82, 2.24) is 4.98 Å². The summed E-state index contributed by atoms with van der Waals surface area (Å²) in [5, 5.41) is 6.68. The second-order valence-corrected chi connectivity index (χ2v) is 9.04. The first-order chi connectivity index (χ1) is 14.4. The molecule has 1 heterocycles. The van der Waals surface area contributed by atoms with Gasteiger partial charge in [-0.15, -0.1) is 11.3 Å². The number of hydrazone groups is 1. The van der Waals surface area contributed by atoms with Crippen LogP contribution < -0.4 is 19.6 Å². The third-order valence-electron chi connectivity index (χ3n) is 4.14. The van der Waals surface area contributed by atoms with Crippen molar-refractivity contribution in [3.05, 3.63) is 47.3 Å². The lowest BCUT2D eigenvalue weighted by Crippen LogP contribution is -1.97. The number of sulfone groups is 1. The Bertz CT molecular complexity index is 1130. The molecule has 3 aromatic rings. The number of nitrogens with one attached hydrogen (secondary N) is 1. The quantitative estimate of drug-likeness (QED) is 0.415.